The van der Waals surface area contributed by atoms with E-state index in [1.54, 1.807) is 30.3 Å². The number of methoxy groups -OCH3 is 1. The number of pyridine rings is 1. The third kappa shape index (κ3) is 6.72. The van der Waals surface area contributed by atoms with Crippen molar-refractivity contribution in [3.05, 3.63) is 83.2 Å². The Morgan fingerprint density at radius 2 is 1.69 bits per heavy atom. The van der Waals surface area contributed by atoms with Crippen molar-refractivity contribution in [1.82, 2.24) is 15.6 Å². The first-order valence-corrected chi connectivity index (χ1v) is 10.4. The second kappa shape index (κ2) is 11.2. The second-order valence-electron chi connectivity index (χ2n) is 7.26. The van der Waals surface area contributed by atoms with Gasteiger partial charge in [-0.3, -0.25) is 9.78 Å². The number of esters is 1. The summed E-state index contributed by atoms with van der Waals surface area (Å²) in [6, 6.07) is 11.2. The molecule has 3 amide bonds. The van der Waals surface area contributed by atoms with E-state index in [1.807, 2.05) is 0 Å². The lowest BCUT2D eigenvalue weighted by Crippen LogP contribution is -2.29. The lowest BCUT2D eigenvalue weighted by atomic mass is 10.1. The van der Waals surface area contributed by atoms with Gasteiger partial charge in [0.05, 0.1) is 23.9 Å². The highest BCUT2D eigenvalue weighted by Gasteiger charge is 2.32. The number of carbonyl (C=O) groups is 3. The van der Waals surface area contributed by atoms with Gasteiger partial charge in [-0.2, -0.15) is 13.2 Å². The predicted octanol–water partition coefficient (Wildman–Crippen LogP) is 4.36. The van der Waals surface area contributed by atoms with E-state index in [0.29, 0.717) is 23.1 Å². The molecule has 0 radical (unpaired) electrons. The molecule has 12 heteroatoms. The maximum absolute atomic E-state index is 13.1. The Morgan fingerprint density at radius 1 is 0.972 bits per heavy atom. The van der Waals surface area contributed by atoms with Crippen LogP contribution < -0.4 is 20.7 Å². The van der Waals surface area contributed by atoms with Crippen LogP contribution in [0.1, 0.15) is 32.0 Å². The van der Waals surface area contributed by atoms with Crippen LogP contribution in [0.3, 0.4) is 0 Å². The summed E-state index contributed by atoms with van der Waals surface area (Å²) in [5.41, 5.74) is -0.740. The molecule has 0 unspecified atom stereocenters. The molecular weight excluding hydrogens is 481 g/mol. The molecule has 188 valence electrons. The number of carbonyl (C=O) groups excluding carboxylic acids is 3. The lowest BCUT2D eigenvalue weighted by molar-refractivity contribution is -0.137. The minimum absolute atomic E-state index is 0.0364. The van der Waals surface area contributed by atoms with Crippen LogP contribution in [0.2, 0.25) is 0 Å². The van der Waals surface area contributed by atoms with Gasteiger partial charge >= 0.3 is 18.2 Å². The fraction of sp³-hybridized carbons (Fsp3) is 0.167. The van der Waals surface area contributed by atoms with E-state index in [-0.39, 0.29) is 29.4 Å². The number of nitrogens with one attached hydrogen (secondary N) is 3. The number of rotatable bonds is 7. The number of anilines is 1. The molecule has 0 fully saturated rings. The van der Waals surface area contributed by atoms with Crippen LogP contribution in [0.25, 0.3) is 0 Å². The maximum Gasteiger partial charge on any atom is 0.416 e. The van der Waals surface area contributed by atoms with E-state index in [4.69, 9.17) is 4.74 Å². The smallest absolute Gasteiger partial charge is 0.416 e. The number of nitrogens with zero attached hydrogens (tertiary/aromatic N) is 1. The number of urea groups is 1. The highest BCUT2D eigenvalue weighted by Crippen LogP contribution is 2.32. The standard InChI is InChI=1S/C24H21F3N4O5/c1-28-21(32)20-12-17(9-10-29-20)36-16-6-3-14(4-7-16)13-30-23(34)31-19-11-15(24(25,26)27)5-8-18(19)22(33)35-2/h3-12H,13H2,1-2H3,(H,28,32)(H2,30,31,34). The monoisotopic (exact) mass is 502 g/mol. The normalized spacial score (nSPS) is 10.8. The van der Waals surface area contributed by atoms with Crippen LogP contribution in [0.4, 0.5) is 23.7 Å². The minimum Gasteiger partial charge on any atom is -0.465 e. The third-order valence-electron chi connectivity index (χ3n) is 4.80. The molecule has 0 spiro atoms. The van der Waals surface area contributed by atoms with Crippen molar-refractivity contribution in [1.29, 1.82) is 0 Å². The van der Waals surface area contributed by atoms with Gasteiger partial charge in [0.2, 0.25) is 0 Å². The van der Waals surface area contributed by atoms with Crippen molar-refractivity contribution in [2.45, 2.75) is 12.7 Å². The van der Waals surface area contributed by atoms with E-state index in [9.17, 15) is 27.6 Å². The van der Waals surface area contributed by atoms with Crippen LogP contribution in [0.15, 0.2) is 60.8 Å². The Labute approximate surface area is 203 Å². The Kier molecular flexibility index (Phi) is 8.10. The molecule has 9 nitrogen and oxygen atoms in total. The molecule has 0 aliphatic carbocycles. The van der Waals surface area contributed by atoms with Gasteiger partial charge in [-0.25, -0.2) is 9.59 Å². The predicted molar refractivity (Wildman–Crippen MR) is 123 cm³/mol. The second-order valence-corrected chi connectivity index (χ2v) is 7.26. The van der Waals surface area contributed by atoms with Crippen molar-refractivity contribution in [3.8, 4) is 11.5 Å². The van der Waals surface area contributed by atoms with Crippen molar-refractivity contribution in [3.63, 3.8) is 0 Å². The number of hydrogen-bond acceptors (Lipinski definition) is 6. The molecule has 0 aliphatic heterocycles. The lowest BCUT2D eigenvalue weighted by Gasteiger charge is -2.14. The molecule has 1 aromatic heterocycles. The molecule has 0 bridgehead atoms. The van der Waals surface area contributed by atoms with Crippen LogP contribution in [0, 0.1) is 0 Å². The minimum atomic E-state index is -4.66. The summed E-state index contributed by atoms with van der Waals surface area (Å²) in [6.45, 7) is 0.0364. The first-order chi connectivity index (χ1) is 17.1. The van der Waals surface area contributed by atoms with Crippen LogP contribution in [-0.4, -0.2) is 37.0 Å². The van der Waals surface area contributed by atoms with Gasteiger partial charge in [-0.1, -0.05) is 12.1 Å². The maximum atomic E-state index is 13.1. The Balaban J connectivity index is 1.63. The van der Waals surface area contributed by atoms with Gasteiger partial charge in [0.25, 0.3) is 5.91 Å². The Morgan fingerprint density at radius 3 is 2.33 bits per heavy atom. The van der Waals surface area contributed by atoms with E-state index in [2.05, 4.69) is 25.7 Å². The number of alkyl halides is 3. The topological polar surface area (TPSA) is 119 Å². The zero-order chi connectivity index (χ0) is 26.3. The number of aromatic nitrogens is 1. The van der Waals surface area contributed by atoms with Crippen LogP contribution in [-0.2, 0) is 17.5 Å². The first-order valence-electron chi connectivity index (χ1n) is 10.4. The van der Waals surface area contributed by atoms with Crippen molar-refractivity contribution in [2.24, 2.45) is 0 Å². The Bertz CT molecular complexity index is 1260. The molecule has 0 atom stereocenters. The fourth-order valence-electron chi connectivity index (χ4n) is 3.00. The molecule has 3 aromatic rings. The zero-order valence-electron chi connectivity index (χ0n) is 19.1. The summed E-state index contributed by atoms with van der Waals surface area (Å²) in [5.74, 6) is -0.393. The van der Waals surface area contributed by atoms with Gasteiger partial charge in [0, 0.05) is 25.9 Å². The van der Waals surface area contributed by atoms with Crippen molar-refractivity contribution in [2.75, 3.05) is 19.5 Å². The van der Waals surface area contributed by atoms with E-state index < -0.39 is 23.7 Å². The number of benzene rings is 2. The number of ether oxygens (including phenoxy) is 2. The van der Waals surface area contributed by atoms with Gasteiger partial charge in [0.1, 0.15) is 17.2 Å². The van der Waals surface area contributed by atoms with Crippen molar-refractivity contribution < 1.29 is 37.0 Å². The number of halogens is 3. The van der Waals surface area contributed by atoms with Crippen LogP contribution in [0.5, 0.6) is 11.5 Å². The SMILES string of the molecule is CNC(=O)c1cc(Oc2ccc(CNC(=O)Nc3cc(C(F)(F)F)ccc3C(=O)OC)cc2)ccn1. The molecule has 0 saturated heterocycles. The van der Waals surface area contributed by atoms with Gasteiger partial charge in [0.15, 0.2) is 0 Å². The highest BCUT2D eigenvalue weighted by molar-refractivity contribution is 6.01. The summed E-state index contributed by atoms with van der Waals surface area (Å²) >= 11 is 0. The number of amides is 3. The average molecular weight is 502 g/mol. The molecular formula is C24H21F3N4O5. The largest absolute Gasteiger partial charge is 0.465 e. The molecule has 0 aliphatic rings. The van der Waals surface area contributed by atoms with E-state index in [1.165, 1.54) is 19.3 Å². The number of hydrogen-bond donors (Lipinski definition) is 3. The van der Waals surface area contributed by atoms with Crippen molar-refractivity contribution >= 4 is 23.6 Å². The van der Waals surface area contributed by atoms with Crippen LogP contribution >= 0.6 is 0 Å². The molecule has 1 heterocycles. The highest BCUT2D eigenvalue weighted by atomic mass is 19.4. The molecule has 0 saturated carbocycles. The third-order valence-corrected chi connectivity index (χ3v) is 4.80. The summed E-state index contributed by atoms with van der Waals surface area (Å²) in [7, 11) is 2.56. The Hall–Kier alpha value is -4.61. The van der Waals surface area contributed by atoms with Gasteiger partial charge in [-0.15, -0.1) is 0 Å². The molecule has 2 aromatic carbocycles. The summed E-state index contributed by atoms with van der Waals surface area (Å²) in [6.07, 6.45) is -3.22. The summed E-state index contributed by atoms with van der Waals surface area (Å²) in [4.78, 5) is 39.8. The zero-order valence-corrected chi connectivity index (χ0v) is 19.1. The summed E-state index contributed by atoms with van der Waals surface area (Å²) in [5, 5.41) is 7.24. The molecule has 3 rings (SSSR count). The van der Waals surface area contributed by atoms with E-state index >= 15 is 0 Å². The molecule has 3 N–H and O–H groups in total. The van der Waals surface area contributed by atoms with E-state index in [0.717, 1.165) is 19.2 Å². The van der Waals surface area contributed by atoms with Gasteiger partial charge < -0.3 is 25.4 Å². The summed E-state index contributed by atoms with van der Waals surface area (Å²) < 4.78 is 49.4. The fourth-order valence-corrected chi connectivity index (χ4v) is 3.00. The quantitative estimate of drug-likeness (QED) is 0.413. The average Bonchev–Trinajstić information content (AvgIpc) is 2.87. The first kappa shape index (κ1) is 26.0. The molecule has 36 heavy (non-hydrogen) atoms. The van der Waals surface area contributed by atoms with Gasteiger partial charge in [-0.05, 0) is 42.0 Å².